The van der Waals surface area contributed by atoms with Crippen molar-refractivity contribution in [3.8, 4) is 11.5 Å². The molecule has 3 nitrogen and oxygen atoms in total. The molecule has 2 aliphatic rings. The number of aliphatic hydroxyl groups is 1. The van der Waals surface area contributed by atoms with Crippen molar-refractivity contribution in [2.24, 2.45) is 0 Å². The summed E-state index contributed by atoms with van der Waals surface area (Å²) in [7, 11) is 1.67. The maximum atomic E-state index is 10.0. The van der Waals surface area contributed by atoms with Crippen LogP contribution in [0.3, 0.4) is 0 Å². The van der Waals surface area contributed by atoms with Crippen molar-refractivity contribution in [1.29, 1.82) is 0 Å². The van der Waals surface area contributed by atoms with Crippen LogP contribution < -0.4 is 9.47 Å². The summed E-state index contributed by atoms with van der Waals surface area (Å²) in [5.74, 6) is 1.55. The Bertz CT molecular complexity index is 491. The van der Waals surface area contributed by atoms with Crippen LogP contribution in [0.2, 0.25) is 0 Å². The highest BCUT2D eigenvalue weighted by Gasteiger charge is 2.40. The van der Waals surface area contributed by atoms with Gasteiger partial charge < -0.3 is 14.6 Å². The molecule has 1 aromatic rings. The van der Waals surface area contributed by atoms with Crippen LogP contribution in [0, 0.1) is 0 Å². The van der Waals surface area contributed by atoms with E-state index in [0.29, 0.717) is 12.5 Å². The minimum Gasteiger partial charge on any atom is -0.493 e. The van der Waals surface area contributed by atoms with Crippen molar-refractivity contribution in [3.63, 3.8) is 0 Å². The topological polar surface area (TPSA) is 38.7 Å². The Labute approximate surface area is 128 Å². The first-order chi connectivity index (χ1) is 9.59. The number of hydrogen-bond donors (Lipinski definition) is 1. The van der Waals surface area contributed by atoms with Crippen molar-refractivity contribution in [3.05, 3.63) is 22.2 Å². The molecule has 0 aromatic heterocycles. The van der Waals surface area contributed by atoms with Gasteiger partial charge in [-0.1, -0.05) is 0 Å². The molecule has 20 heavy (non-hydrogen) atoms. The zero-order valence-corrected chi connectivity index (χ0v) is 13.4. The van der Waals surface area contributed by atoms with Gasteiger partial charge in [-0.05, 0) is 72.2 Å². The molecule has 1 N–H and O–H groups in total. The van der Waals surface area contributed by atoms with E-state index in [-0.39, 0.29) is 0 Å². The van der Waals surface area contributed by atoms with Gasteiger partial charge in [-0.25, -0.2) is 0 Å². The minimum atomic E-state index is -0.488. The smallest absolute Gasteiger partial charge is 0.175 e. The number of hydrogen-bond acceptors (Lipinski definition) is 3. The maximum absolute atomic E-state index is 10.0. The lowest BCUT2D eigenvalue weighted by Gasteiger charge is -2.19. The SMILES string of the molecule is COc1cc(CC2(O)CC2)cc(Br)c1OC1CCCC1. The van der Waals surface area contributed by atoms with Crippen LogP contribution in [0.15, 0.2) is 16.6 Å². The van der Waals surface area contributed by atoms with Crippen LogP contribution in [0.1, 0.15) is 44.1 Å². The number of ether oxygens (including phenoxy) is 2. The second kappa shape index (κ2) is 5.57. The Hall–Kier alpha value is -0.740. The highest BCUT2D eigenvalue weighted by Crippen LogP contribution is 2.43. The lowest BCUT2D eigenvalue weighted by atomic mass is 10.1. The first-order valence-corrected chi connectivity index (χ1v) is 8.14. The molecule has 0 aliphatic heterocycles. The van der Waals surface area contributed by atoms with Gasteiger partial charge in [0, 0.05) is 6.42 Å². The molecule has 0 atom stereocenters. The molecule has 0 heterocycles. The van der Waals surface area contributed by atoms with Gasteiger partial charge in [0.05, 0.1) is 23.3 Å². The first kappa shape index (κ1) is 14.2. The summed E-state index contributed by atoms with van der Waals surface area (Å²) >= 11 is 3.59. The average molecular weight is 341 g/mol. The van der Waals surface area contributed by atoms with Gasteiger partial charge in [0.25, 0.3) is 0 Å². The third-order valence-electron chi connectivity index (χ3n) is 4.24. The van der Waals surface area contributed by atoms with Crippen LogP contribution in [0.25, 0.3) is 0 Å². The monoisotopic (exact) mass is 340 g/mol. The Balaban J connectivity index is 1.81. The first-order valence-electron chi connectivity index (χ1n) is 7.35. The van der Waals surface area contributed by atoms with Crippen LogP contribution in [-0.4, -0.2) is 23.9 Å². The average Bonchev–Trinajstić information content (AvgIpc) is 2.91. The molecular formula is C16H21BrO3. The quantitative estimate of drug-likeness (QED) is 0.884. The number of methoxy groups -OCH3 is 1. The predicted octanol–water partition coefficient (Wildman–Crippen LogP) is 3.85. The van der Waals surface area contributed by atoms with Crippen molar-refractivity contribution in [2.45, 2.75) is 56.7 Å². The molecule has 0 amide bonds. The largest absolute Gasteiger partial charge is 0.493 e. The molecule has 0 bridgehead atoms. The molecule has 0 radical (unpaired) electrons. The van der Waals surface area contributed by atoms with E-state index in [4.69, 9.17) is 9.47 Å². The standard InChI is InChI=1S/C16H21BrO3/c1-19-14-9-11(10-16(18)6-7-16)8-13(17)15(14)20-12-4-2-3-5-12/h8-9,12,18H,2-7,10H2,1H3. The van der Waals surface area contributed by atoms with E-state index < -0.39 is 5.60 Å². The Morgan fingerprint density at radius 3 is 2.60 bits per heavy atom. The van der Waals surface area contributed by atoms with E-state index in [0.717, 1.165) is 47.2 Å². The van der Waals surface area contributed by atoms with Crippen molar-refractivity contribution < 1.29 is 14.6 Å². The molecule has 2 fully saturated rings. The van der Waals surface area contributed by atoms with Crippen molar-refractivity contribution >= 4 is 15.9 Å². The summed E-state index contributed by atoms with van der Waals surface area (Å²) in [4.78, 5) is 0. The molecule has 2 aliphatic carbocycles. The predicted molar refractivity (Wildman–Crippen MR) is 81.5 cm³/mol. The normalized spacial score (nSPS) is 20.9. The fourth-order valence-electron chi connectivity index (χ4n) is 2.86. The van der Waals surface area contributed by atoms with E-state index in [1.165, 1.54) is 12.8 Å². The Kier molecular flexibility index (Phi) is 3.95. The fraction of sp³-hybridized carbons (Fsp3) is 0.625. The maximum Gasteiger partial charge on any atom is 0.175 e. The highest BCUT2D eigenvalue weighted by atomic mass is 79.9. The second-order valence-electron chi connectivity index (χ2n) is 6.03. The van der Waals surface area contributed by atoms with Crippen LogP contribution >= 0.6 is 15.9 Å². The Morgan fingerprint density at radius 2 is 2.00 bits per heavy atom. The van der Waals surface area contributed by atoms with E-state index in [1.807, 2.05) is 12.1 Å². The summed E-state index contributed by atoms with van der Waals surface area (Å²) in [5, 5.41) is 10.0. The molecule has 4 heteroatoms. The van der Waals surface area contributed by atoms with Gasteiger partial charge >= 0.3 is 0 Å². The zero-order chi connectivity index (χ0) is 14.2. The van der Waals surface area contributed by atoms with E-state index in [1.54, 1.807) is 7.11 Å². The van der Waals surface area contributed by atoms with E-state index >= 15 is 0 Å². The molecule has 2 saturated carbocycles. The fourth-order valence-corrected chi connectivity index (χ4v) is 3.45. The molecule has 0 saturated heterocycles. The zero-order valence-electron chi connectivity index (χ0n) is 11.8. The lowest BCUT2D eigenvalue weighted by Crippen LogP contribution is -2.13. The number of benzene rings is 1. The summed E-state index contributed by atoms with van der Waals surface area (Å²) in [6, 6.07) is 4.04. The third kappa shape index (κ3) is 3.12. The van der Waals surface area contributed by atoms with Crippen LogP contribution in [0.4, 0.5) is 0 Å². The highest BCUT2D eigenvalue weighted by molar-refractivity contribution is 9.10. The number of halogens is 1. The summed E-state index contributed by atoms with van der Waals surface area (Å²) in [5.41, 5.74) is 0.602. The number of rotatable bonds is 5. The van der Waals surface area contributed by atoms with Gasteiger partial charge in [0.2, 0.25) is 0 Å². The van der Waals surface area contributed by atoms with Gasteiger partial charge in [-0.2, -0.15) is 0 Å². The van der Waals surface area contributed by atoms with Crippen LogP contribution in [0.5, 0.6) is 11.5 Å². The van der Waals surface area contributed by atoms with Crippen molar-refractivity contribution in [2.75, 3.05) is 7.11 Å². The second-order valence-corrected chi connectivity index (χ2v) is 6.89. The molecular weight excluding hydrogens is 320 g/mol. The van der Waals surface area contributed by atoms with Gasteiger partial charge in [0.1, 0.15) is 0 Å². The van der Waals surface area contributed by atoms with Gasteiger partial charge in [-0.15, -0.1) is 0 Å². The molecule has 3 rings (SSSR count). The van der Waals surface area contributed by atoms with E-state index in [2.05, 4.69) is 15.9 Å². The van der Waals surface area contributed by atoms with Crippen LogP contribution in [-0.2, 0) is 6.42 Å². The summed E-state index contributed by atoms with van der Waals surface area (Å²) < 4.78 is 12.5. The van der Waals surface area contributed by atoms with Gasteiger partial charge in [-0.3, -0.25) is 0 Å². The Morgan fingerprint density at radius 1 is 1.30 bits per heavy atom. The third-order valence-corrected chi connectivity index (χ3v) is 4.83. The molecule has 1 aromatic carbocycles. The van der Waals surface area contributed by atoms with E-state index in [9.17, 15) is 5.11 Å². The summed E-state index contributed by atoms with van der Waals surface area (Å²) in [6.07, 6.45) is 7.52. The molecule has 0 unspecified atom stereocenters. The molecule has 110 valence electrons. The lowest BCUT2D eigenvalue weighted by molar-refractivity contribution is 0.150. The summed E-state index contributed by atoms with van der Waals surface area (Å²) in [6.45, 7) is 0. The van der Waals surface area contributed by atoms with Gasteiger partial charge in [0.15, 0.2) is 11.5 Å². The minimum absolute atomic E-state index is 0.304. The molecule has 0 spiro atoms. The van der Waals surface area contributed by atoms with Crippen molar-refractivity contribution in [1.82, 2.24) is 0 Å².